The minimum atomic E-state index is 0.119. The van der Waals surface area contributed by atoms with Gasteiger partial charge in [-0.05, 0) is 77.9 Å². The molecule has 0 saturated carbocycles. The number of ether oxygens (including phenoxy) is 1. The van der Waals surface area contributed by atoms with Crippen molar-refractivity contribution < 1.29 is 9.15 Å². The smallest absolute Gasteiger partial charge is 0.130 e. The topological polar surface area (TPSA) is 25.7 Å². The number of allylic oxidation sites excluding steroid dienone is 3. The fourth-order valence-corrected chi connectivity index (χ4v) is 3.49. The van der Waals surface area contributed by atoms with Crippen LogP contribution in [0.5, 0.6) is 0 Å². The zero-order valence-corrected chi connectivity index (χ0v) is 14.4. The van der Waals surface area contributed by atoms with Crippen molar-refractivity contribution in [1.29, 1.82) is 0 Å². The summed E-state index contributed by atoms with van der Waals surface area (Å²) in [6.07, 6.45) is 13.6. The molecule has 120 valence electrons. The zero-order chi connectivity index (χ0) is 15.7. The third-order valence-electron chi connectivity index (χ3n) is 5.25. The lowest BCUT2D eigenvalue weighted by Crippen LogP contribution is -2.09. The monoisotopic (exact) mass is 300 g/mol. The molecule has 0 amide bonds. The molecule has 1 fully saturated rings. The van der Waals surface area contributed by atoms with Crippen LogP contribution in [0.25, 0.3) is 6.08 Å². The van der Waals surface area contributed by atoms with Crippen LogP contribution in [0.2, 0.25) is 0 Å². The van der Waals surface area contributed by atoms with Crippen molar-refractivity contribution in [3.63, 3.8) is 0 Å². The summed E-state index contributed by atoms with van der Waals surface area (Å²) in [6.45, 7) is 8.87. The molecule has 1 aliphatic heterocycles. The van der Waals surface area contributed by atoms with E-state index in [0.717, 1.165) is 44.3 Å². The quantitative estimate of drug-likeness (QED) is 0.460. The zero-order valence-electron chi connectivity index (χ0n) is 14.4. The second-order valence-corrected chi connectivity index (χ2v) is 7.30. The minimum absolute atomic E-state index is 0.119. The average molecular weight is 300 g/mol. The van der Waals surface area contributed by atoms with Crippen molar-refractivity contribution in [3.8, 4) is 0 Å². The van der Waals surface area contributed by atoms with Gasteiger partial charge in [-0.25, -0.2) is 0 Å². The highest BCUT2D eigenvalue weighted by molar-refractivity contribution is 5.53. The molecule has 1 aromatic heterocycles. The summed E-state index contributed by atoms with van der Waals surface area (Å²) in [5.74, 6) is 1.05. The van der Waals surface area contributed by atoms with Gasteiger partial charge in [-0.3, -0.25) is 0 Å². The molecule has 3 rings (SSSR count). The van der Waals surface area contributed by atoms with Gasteiger partial charge >= 0.3 is 0 Å². The molecular formula is C20H28O2. The summed E-state index contributed by atoms with van der Waals surface area (Å²) in [5.41, 5.74) is 5.63. The first-order chi connectivity index (χ1) is 10.5. The normalized spacial score (nSPS) is 29.7. The first-order valence-electron chi connectivity index (χ1n) is 8.55. The SMILES string of the molecule is CC1=CCC[C@]2(C)O[C@H]2CCC(C)=Cc2occ(C)c2CC1. The van der Waals surface area contributed by atoms with Gasteiger partial charge in [0.1, 0.15) is 5.76 Å². The molecular weight excluding hydrogens is 272 g/mol. The molecule has 0 radical (unpaired) electrons. The molecule has 0 N–H and O–H groups in total. The first kappa shape index (κ1) is 15.6. The highest BCUT2D eigenvalue weighted by atomic mass is 16.6. The van der Waals surface area contributed by atoms with Crippen LogP contribution in [0.15, 0.2) is 27.9 Å². The van der Waals surface area contributed by atoms with Crippen LogP contribution >= 0.6 is 0 Å². The number of rotatable bonds is 0. The Morgan fingerprint density at radius 3 is 2.73 bits per heavy atom. The summed E-state index contributed by atoms with van der Waals surface area (Å²) in [6, 6.07) is 0. The second-order valence-electron chi connectivity index (χ2n) is 7.30. The lowest BCUT2D eigenvalue weighted by atomic mass is 9.94. The van der Waals surface area contributed by atoms with E-state index in [4.69, 9.17) is 9.15 Å². The molecule has 1 saturated heterocycles. The largest absolute Gasteiger partial charge is 0.464 e. The Kier molecular flexibility index (Phi) is 4.31. The summed E-state index contributed by atoms with van der Waals surface area (Å²) in [5, 5.41) is 0. The molecule has 0 bridgehead atoms. The molecule has 0 aromatic carbocycles. The molecule has 2 nitrogen and oxygen atoms in total. The minimum Gasteiger partial charge on any atom is -0.464 e. The Morgan fingerprint density at radius 2 is 1.91 bits per heavy atom. The van der Waals surface area contributed by atoms with E-state index in [-0.39, 0.29) is 5.60 Å². The number of aryl methyl sites for hydroxylation is 1. The standard InChI is InChI=1S/C20H28O2/c1-14-6-5-11-20(4)19(22-20)10-8-15(2)12-18-17(9-7-14)16(3)13-21-18/h6,12-13,19H,5,7-11H2,1-4H3/t19-,20-/m0/s1. The average Bonchev–Trinajstić information content (AvgIpc) is 2.98. The molecule has 2 atom stereocenters. The molecule has 0 unspecified atom stereocenters. The lowest BCUT2D eigenvalue weighted by Gasteiger charge is -2.08. The number of fused-ring (bicyclic) bond motifs is 2. The third kappa shape index (κ3) is 3.38. The molecule has 2 heterocycles. The van der Waals surface area contributed by atoms with Gasteiger partial charge in [-0.15, -0.1) is 0 Å². The van der Waals surface area contributed by atoms with Crippen LogP contribution in [-0.4, -0.2) is 11.7 Å². The van der Waals surface area contributed by atoms with Crippen molar-refractivity contribution in [2.45, 2.75) is 77.9 Å². The highest BCUT2D eigenvalue weighted by Crippen LogP contribution is 2.43. The van der Waals surface area contributed by atoms with Gasteiger partial charge in [-0.2, -0.15) is 0 Å². The van der Waals surface area contributed by atoms with Crippen molar-refractivity contribution in [3.05, 3.63) is 40.4 Å². The van der Waals surface area contributed by atoms with Gasteiger partial charge < -0.3 is 9.15 Å². The molecule has 2 aliphatic rings. The summed E-state index contributed by atoms with van der Waals surface area (Å²) in [7, 11) is 0. The van der Waals surface area contributed by atoms with E-state index in [0.29, 0.717) is 6.10 Å². The third-order valence-corrected chi connectivity index (χ3v) is 5.25. The molecule has 1 aliphatic carbocycles. The van der Waals surface area contributed by atoms with E-state index in [1.807, 2.05) is 6.26 Å². The predicted molar refractivity (Wildman–Crippen MR) is 90.9 cm³/mol. The Bertz CT molecular complexity index is 605. The van der Waals surface area contributed by atoms with Crippen LogP contribution in [0.3, 0.4) is 0 Å². The number of hydrogen-bond donors (Lipinski definition) is 0. The van der Waals surface area contributed by atoms with Crippen LogP contribution in [0.1, 0.15) is 69.8 Å². The lowest BCUT2D eigenvalue weighted by molar-refractivity contribution is 0.295. The Morgan fingerprint density at radius 1 is 1.09 bits per heavy atom. The second kappa shape index (κ2) is 6.08. The van der Waals surface area contributed by atoms with E-state index in [2.05, 4.69) is 39.8 Å². The number of hydrogen-bond acceptors (Lipinski definition) is 2. The molecule has 22 heavy (non-hydrogen) atoms. The fraction of sp³-hybridized carbons (Fsp3) is 0.600. The number of epoxide rings is 1. The van der Waals surface area contributed by atoms with Gasteiger partial charge in [0.2, 0.25) is 0 Å². The van der Waals surface area contributed by atoms with Crippen LogP contribution < -0.4 is 0 Å². The Hall–Kier alpha value is -1.28. The Balaban J connectivity index is 1.83. The van der Waals surface area contributed by atoms with E-state index in [1.165, 1.54) is 22.3 Å². The predicted octanol–water partition coefficient (Wildman–Crippen LogP) is 5.60. The van der Waals surface area contributed by atoms with E-state index < -0.39 is 0 Å². The number of furan rings is 1. The van der Waals surface area contributed by atoms with Crippen LogP contribution in [0.4, 0.5) is 0 Å². The fourth-order valence-electron chi connectivity index (χ4n) is 3.49. The van der Waals surface area contributed by atoms with Crippen molar-refractivity contribution in [2.24, 2.45) is 0 Å². The van der Waals surface area contributed by atoms with Crippen LogP contribution in [-0.2, 0) is 11.2 Å². The molecule has 2 heteroatoms. The van der Waals surface area contributed by atoms with E-state index >= 15 is 0 Å². The molecule has 1 aromatic rings. The highest BCUT2D eigenvalue weighted by Gasteiger charge is 2.50. The first-order valence-corrected chi connectivity index (χ1v) is 8.55. The van der Waals surface area contributed by atoms with Crippen molar-refractivity contribution in [2.75, 3.05) is 0 Å². The van der Waals surface area contributed by atoms with Gasteiger partial charge in [0.25, 0.3) is 0 Å². The van der Waals surface area contributed by atoms with Crippen LogP contribution in [0, 0.1) is 6.92 Å². The Labute approximate surface area is 134 Å². The van der Waals surface area contributed by atoms with Crippen molar-refractivity contribution in [1.82, 2.24) is 0 Å². The maximum Gasteiger partial charge on any atom is 0.130 e. The maximum absolute atomic E-state index is 5.96. The maximum atomic E-state index is 5.96. The van der Waals surface area contributed by atoms with Gasteiger partial charge in [-0.1, -0.05) is 17.2 Å². The van der Waals surface area contributed by atoms with E-state index in [1.54, 1.807) is 0 Å². The summed E-state index contributed by atoms with van der Waals surface area (Å²) in [4.78, 5) is 0. The summed E-state index contributed by atoms with van der Waals surface area (Å²) < 4.78 is 11.7. The summed E-state index contributed by atoms with van der Waals surface area (Å²) >= 11 is 0. The molecule has 0 spiro atoms. The van der Waals surface area contributed by atoms with E-state index in [9.17, 15) is 0 Å². The van der Waals surface area contributed by atoms with Gasteiger partial charge in [0, 0.05) is 5.56 Å². The van der Waals surface area contributed by atoms with Crippen molar-refractivity contribution >= 4 is 6.08 Å². The van der Waals surface area contributed by atoms with Gasteiger partial charge in [0.05, 0.1) is 18.0 Å². The van der Waals surface area contributed by atoms with Gasteiger partial charge in [0.15, 0.2) is 0 Å².